The third-order valence-electron chi connectivity index (χ3n) is 2.74. The zero-order chi connectivity index (χ0) is 13.9. The summed E-state index contributed by atoms with van der Waals surface area (Å²) in [6, 6.07) is 0.355. The Morgan fingerprint density at radius 3 is 2.84 bits per heavy atom. The molecule has 0 unspecified atom stereocenters. The summed E-state index contributed by atoms with van der Waals surface area (Å²) in [5.41, 5.74) is 0. The standard InChI is InChI=1S/C13H26N4O2/c1-12(2)17-13(15-11-16-17)10-14-6-4-5-7-19-9-8-18-3/h11-12,14H,4-10H2,1-3H3. The smallest absolute Gasteiger partial charge is 0.141 e. The van der Waals surface area contributed by atoms with Crippen LogP contribution in [0.15, 0.2) is 6.33 Å². The predicted octanol–water partition coefficient (Wildman–Crippen LogP) is 1.39. The molecule has 6 heteroatoms. The first-order valence-corrected chi connectivity index (χ1v) is 6.91. The van der Waals surface area contributed by atoms with Crippen LogP contribution in [0, 0.1) is 0 Å². The van der Waals surface area contributed by atoms with Gasteiger partial charge in [0.25, 0.3) is 0 Å². The Morgan fingerprint density at radius 2 is 2.11 bits per heavy atom. The summed E-state index contributed by atoms with van der Waals surface area (Å²) in [7, 11) is 1.68. The second-order valence-electron chi connectivity index (χ2n) is 4.70. The van der Waals surface area contributed by atoms with E-state index in [2.05, 4.69) is 29.2 Å². The first kappa shape index (κ1) is 16.1. The van der Waals surface area contributed by atoms with Crippen molar-refractivity contribution in [2.24, 2.45) is 0 Å². The van der Waals surface area contributed by atoms with Crippen LogP contribution in [-0.2, 0) is 16.0 Å². The highest BCUT2D eigenvalue weighted by atomic mass is 16.5. The Morgan fingerprint density at radius 1 is 1.26 bits per heavy atom. The maximum absolute atomic E-state index is 5.40. The average molecular weight is 270 g/mol. The van der Waals surface area contributed by atoms with Crippen molar-refractivity contribution >= 4 is 0 Å². The second kappa shape index (κ2) is 9.89. The normalized spacial score (nSPS) is 11.4. The van der Waals surface area contributed by atoms with Crippen LogP contribution >= 0.6 is 0 Å². The molecule has 0 bridgehead atoms. The lowest BCUT2D eigenvalue weighted by atomic mass is 10.3. The lowest BCUT2D eigenvalue weighted by Crippen LogP contribution is -2.20. The summed E-state index contributed by atoms with van der Waals surface area (Å²) in [6.07, 6.45) is 3.77. The molecule has 0 amide bonds. The fraction of sp³-hybridized carbons (Fsp3) is 0.846. The van der Waals surface area contributed by atoms with Crippen molar-refractivity contribution in [1.29, 1.82) is 0 Å². The van der Waals surface area contributed by atoms with Gasteiger partial charge in [0.2, 0.25) is 0 Å². The van der Waals surface area contributed by atoms with Gasteiger partial charge in [0.1, 0.15) is 12.2 Å². The van der Waals surface area contributed by atoms with Crippen molar-refractivity contribution in [3.63, 3.8) is 0 Å². The van der Waals surface area contributed by atoms with E-state index in [4.69, 9.17) is 9.47 Å². The second-order valence-corrected chi connectivity index (χ2v) is 4.70. The third-order valence-corrected chi connectivity index (χ3v) is 2.74. The van der Waals surface area contributed by atoms with Crippen molar-refractivity contribution in [2.75, 3.05) is 33.5 Å². The number of nitrogens with zero attached hydrogens (tertiary/aromatic N) is 3. The molecule has 6 nitrogen and oxygen atoms in total. The van der Waals surface area contributed by atoms with E-state index in [1.165, 1.54) is 0 Å². The van der Waals surface area contributed by atoms with Crippen LogP contribution in [-0.4, -0.2) is 48.2 Å². The predicted molar refractivity (Wildman–Crippen MR) is 74.0 cm³/mol. The van der Waals surface area contributed by atoms with Crippen LogP contribution < -0.4 is 5.32 Å². The summed E-state index contributed by atoms with van der Waals surface area (Å²) in [6.45, 7) is 8.10. The van der Waals surface area contributed by atoms with Gasteiger partial charge < -0.3 is 14.8 Å². The van der Waals surface area contributed by atoms with Crippen LogP contribution in [0.2, 0.25) is 0 Å². The number of aromatic nitrogens is 3. The summed E-state index contributed by atoms with van der Waals surface area (Å²) in [5, 5.41) is 7.59. The van der Waals surface area contributed by atoms with Gasteiger partial charge in [-0.25, -0.2) is 9.67 Å². The van der Waals surface area contributed by atoms with E-state index < -0.39 is 0 Å². The Hall–Kier alpha value is -0.980. The van der Waals surface area contributed by atoms with Crippen LogP contribution in [0.5, 0.6) is 0 Å². The molecular formula is C13H26N4O2. The average Bonchev–Trinajstić information content (AvgIpc) is 2.85. The molecule has 0 aliphatic rings. The van der Waals surface area contributed by atoms with Crippen LogP contribution in [0.1, 0.15) is 38.6 Å². The quantitative estimate of drug-likeness (QED) is 0.616. The van der Waals surface area contributed by atoms with E-state index >= 15 is 0 Å². The molecule has 1 heterocycles. The number of nitrogens with one attached hydrogen (secondary N) is 1. The molecule has 0 radical (unpaired) electrons. The molecule has 110 valence electrons. The molecule has 1 rings (SSSR count). The molecule has 0 atom stereocenters. The van der Waals surface area contributed by atoms with Gasteiger partial charge in [-0.05, 0) is 33.2 Å². The van der Waals surface area contributed by atoms with Gasteiger partial charge in [-0.1, -0.05) is 0 Å². The lowest BCUT2D eigenvalue weighted by Gasteiger charge is -2.10. The zero-order valence-corrected chi connectivity index (χ0v) is 12.3. The largest absolute Gasteiger partial charge is 0.382 e. The molecule has 19 heavy (non-hydrogen) atoms. The minimum atomic E-state index is 0.355. The highest BCUT2D eigenvalue weighted by molar-refractivity contribution is 4.85. The highest BCUT2D eigenvalue weighted by Crippen LogP contribution is 2.04. The summed E-state index contributed by atoms with van der Waals surface area (Å²) >= 11 is 0. The molecule has 1 N–H and O–H groups in total. The molecule has 0 aliphatic carbocycles. The molecule has 1 aromatic heterocycles. The van der Waals surface area contributed by atoms with E-state index in [1.54, 1.807) is 13.4 Å². The maximum atomic E-state index is 5.40. The van der Waals surface area contributed by atoms with E-state index in [0.29, 0.717) is 19.3 Å². The number of hydrogen-bond donors (Lipinski definition) is 1. The third kappa shape index (κ3) is 6.66. The minimum Gasteiger partial charge on any atom is -0.382 e. The van der Waals surface area contributed by atoms with Crippen molar-refractivity contribution in [3.05, 3.63) is 12.2 Å². The van der Waals surface area contributed by atoms with Crippen LogP contribution in [0.25, 0.3) is 0 Å². The van der Waals surface area contributed by atoms with Gasteiger partial charge in [0, 0.05) is 19.8 Å². The topological polar surface area (TPSA) is 61.2 Å². The van der Waals surface area contributed by atoms with Gasteiger partial charge in [-0.2, -0.15) is 5.10 Å². The van der Waals surface area contributed by atoms with Gasteiger partial charge in [-0.15, -0.1) is 0 Å². The molecule has 0 saturated carbocycles. The number of unbranched alkanes of at least 4 members (excludes halogenated alkanes) is 1. The highest BCUT2D eigenvalue weighted by Gasteiger charge is 2.06. The van der Waals surface area contributed by atoms with Gasteiger partial charge in [-0.3, -0.25) is 0 Å². The fourth-order valence-corrected chi connectivity index (χ4v) is 1.73. The first-order valence-electron chi connectivity index (χ1n) is 6.91. The molecule has 0 saturated heterocycles. The minimum absolute atomic E-state index is 0.355. The lowest BCUT2D eigenvalue weighted by molar-refractivity contribution is 0.0688. The number of ether oxygens (including phenoxy) is 2. The van der Waals surface area contributed by atoms with E-state index in [9.17, 15) is 0 Å². The Kier molecular flexibility index (Phi) is 8.36. The van der Waals surface area contributed by atoms with Crippen molar-refractivity contribution in [3.8, 4) is 0 Å². The molecule has 0 aromatic carbocycles. The van der Waals surface area contributed by atoms with E-state index in [1.807, 2.05) is 4.68 Å². The molecule has 0 spiro atoms. The van der Waals surface area contributed by atoms with Crippen molar-refractivity contribution < 1.29 is 9.47 Å². The number of hydrogen-bond acceptors (Lipinski definition) is 5. The Balaban J connectivity index is 2.00. The monoisotopic (exact) mass is 270 g/mol. The van der Waals surface area contributed by atoms with E-state index in [-0.39, 0.29) is 0 Å². The SMILES string of the molecule is COCCOCCCCNCc1ncnn1C(C)C. The van der Waals surface area contributed by atoms with Gasteiger partial charge >= 0.3 is 0 Å². The summed E-state index contributed by atoms with van der Waals surface area (Å²) in [4.78, 5) is 4.26. The molecular weight excluding hydrogens is 244 g/mol. The van der Waals surface area contributed by atoms with Crippen molar-refractivity contribution in [1.82, 2.24) is 20.1 Å². The molecule has 0 fully saturated rings. The summed E-state index contributed by atoms with van der Waals surface area (Å²) < 4.78 is 12.2. The van der Waals surface area contributed by atoms with Crippen LogP contribution in [0.3, 0.4) is 0 Å². The van der Waals surface area contributed by atoms with E-state index in [0.717, 1.165) is 38.4 Å². The Labute approximate surface area is 115 Å². The summed E-state index contributed by atoms with van der Waals surface area (Å²) in [5.74, 6) is 0.992. The zero-order valence-electron chi connectivity index (χ0n) is 12.3. The Bertz CT molecular complexity index is 328. The van der Waals surface area contributed by atoms with Gasteiger partial charge in [0.05, 0.1) is 19.8 Å². The van der Waals surface area contributed by atoms with Gasteiger partial charge in [0.15, 0.2) is 0 Å². The number of methoxy groups -OCH3 is 1. The molecule has 1 aromatic rings. The first-order chi connectivity index (χ1) is 9.25. The van der Waals surface area contributed by atoms with Crippen LogP contribution in [0.4, 0.5) is 0 Å². The van der Waals surface area contributed by atoms with Crippen molar-refractivity contribution in [2.45, 2.75) is 39.3 Å². The molecule has 0 aliphatic heterocycles. The fourth-order valence-electron chi connectivity index (χ4n) is 1.73. The number of rotatable bonds is 11. The maximum Gasteiger partial charge on any atom is 0.141 e.